The molecule has 2 rings (SSSR count). The molecule has 0 aromatic heterocycles. The van der Waals surface area contributed by atoms with Crippen molar-refractivity contribution < 1.29 is 9.84 Å². The second-order valence-corrected chi connectivity index (χ2v) is 5.05. The molecule has 0 bridgehead atoms. The lowest BCUT2D eigenvalue weighted by Crippen LogP contribution is -1.96. The number of ether oxygens (including phenoxy) is 1. The number of phenolic OH excluding ortho intramolecular Hbond substituents is 1. The molecular formula is C17H20N2O2. The van der Waals surface area contributed by atoms with Gasteiger partial charge < -0.3 is 9.84 Å². The fraction of sp³-hybridized carbons (Fsp3) is 0.235. The van der Waals surface area contributed by atoms with Gasteiger partial charge in [0.15, 0.2) is 11.5 Å². The summed E-state index contributed by atoms with van der Waals surface area (Å²) in [5.74, 6) is 0.900. The van der Waals surface area contributed by atoms with Crippen LogP contribution in [-0.2, 0) is 0 Å². The summed E-state index contributed by atoms with van der Waals surface area (Å²) in [5.41, 5.74) is 5.53. The zero-order chi connectivity index (χ0) is 15.2. The van der Waals surface area contributed by atoms with Gasteiger partial charge in [-0.1, -0.05) is 32.0 Å². The molecule has 110 valence electrons. The van der Waals surface area contributed by atoms with E-state index in [9.17, 15) is 5.11 Å². The molecule has 2 aromatic carbocycles. The summed E-state index contributed by atoms with van der Waals surface area (Å²) in [6.45, 7) is 4.18. The van der Waals surface area contributed by atoms with Gasteiger partial charge in [-0.2, -0.15) is 5.10 Å². The summed E-state index contributed by atoms with van der Waals surface area (Å²) in [4.78, 5) is 0. The van der Waals surface area contributed by atoms with E-state index in [0.717, 1.165) is 11.3 Å². The van der Waals surface area contributed by atoms with Crippen molar-refractivity contribution in [3.05, 3.63) is 53.6 Å². The molecule has 21 heavy (non-hydrogen) atoms. The molecule has 4 nitrogen and oxygen atoms in total. The summed E-state index contributed by atoms with van der Waals surface area (Å²) in [7, 11) is 1.54. The number of anilines is 1. The highest BCUT2D eigenvalue weighted by Gasteiger charge is 2.11. The van der Waals surface area contributed by atoms with E-state index >= 15 is 0 Å². The smallest absolute Gasteiger partial charge is 0.166 e. The quantitative estimate of drug-likeness (QED) is 0.645. The lowest BCUT2D eigenvalue weighted by atomic mass is 10.00. The van der Waals surface area contributed by atoms with Crippen LogP contribution in [0.4, 0.5) is 5.69 Å². The SMILES string of the molecule is COc1cc(C(C)C)cc(C=NNc2ccccc2)c1O. The first-order valence-electron chi connectivity index (χ1n) is 6.87. The van der Waals surface area contributed by atoms with Crippen LogP contribution in [0, 0.1) is 0 Å². The topological polar surface area (TPSA) is 53.8 Å². The number of aromatic hydroxyl groups is 1. The second-order valence-electron chi connectivity index (χ2n) is 5.05. The third-order valence-electron chi connectivity index (χ3n) is 3.18. The van der Waals surface area contributed by atoms with Crippen LogP contribution in [0.3, 0.4) is 0 Å². The van der Waals surface area contributed by atoms with Gasteiger partial charge >= 0.3 is 0 Å². The summed E-state index contributed by atoms with van der Waals surface area (Å²) in [6.07, 6.45) is 1.59. The highest BCUT2D eigenvalue weighted by Crippen LogP contribution is 2.33. The second kappa shape index (κ2) is 6.79. The largest absolute Gasteiger partial charge is 0.504 e. The number of phenols is 1. The molecule has 0 heterocycles. The van der Waals surface area contributed by atoms with Crippen LogP contribution in [0.2, 0.25) is 0 Å². The lowest BCUT2D eigenvalue weighted by Gasteiger charge is -2.12. The monoisotopic (exact) mass is 284 g/mol. The maximum Gasteiger partial charge on any atom is 0.166 e. The minimum absolute atomic E-state index is 0.0977. The maximum absolute atomic E-state index is 10.1. The molecule has 4 heteroatoms. The number of nitrogens with one attached hydrogen (secondary N) is 1. The molecular weight excluding hydrogens is 264 g/mol. The van der Waals surface area contributed by atoms with Gasteiger partial charge in [0.05, 0.1) is 19.0 Å². The van der Waals surface area contributed by atoms with Crippen molar-refractivity contribution in [3.8, 4) is 11.5 Å². The number of nitrogens with zero attached hydrogens (tertiary/aromatic N) is 1. The van der Waals surface area contributed by atoms with Gasteiger partial charge in [0.2, 0.25) is 0 Å². The highest BCUT2D eigenvalue weighted by molar-refractivity contribution is 5.85. The fourth-order valence-electron chi connectivity index (χ4n) is 1.93. The van der Waals surface area contributed by atoms with E-state index in [1.807, 2.05) is 42.5 Å². The molecule has 0 aliphatic rings. The molecule has 0 radical (unpaired) electrons. The predicted molar refractivity (Wildman–Crippen MR) is 86.4 cm³/mol. The van der Waals surface area contributed by atoms with Gasteiger partial charge in [-0.15, -0.1) is 0 Å². The van der Waals surface area contributed by atoms with E-state index in [4.69, 9.17) is 4.74 Å². The summed E-state index contributed by atoms with van der Waals surface area (Å²) < 4.78 is 5.21. The van der Waals surface area contributed by atoms with Crippen molar-refractivity contribution in [2.75, 3.05) is 12.5 Å². The first-order chi connectivity index (χ1) is 10.1. The summed E-state index contributed by atoms with van der Waals surface area (Å²) >= 11 is 0. The van der Waals surface area contributed by atoms with E-state index < -0.39 is 0 Å². The molecule has 0 saturated carbocycles. The Hall–Kier alpha value is -2.49. The van der Waals surface area contributed by atoms with Crippen LogP contribution in [0.5, 0.6) is 11.5 Å². The fourth-order valence-corrected chi connectivity index (χ4v) is 1.93. The van der Waals surface area contributed by atoms with Gasteiger partial charge in [-0.3, -0.25) is 5.43 Å². The van der Waals surface area contributed by atoms with Crippen LogP contribution in [0.25, 0.3) is 0 Å². The van der Waals surface area contributed by atoms with E-state index in [-0.39, 0.29) is 5.75 Å². The molecule has 0 amide bonds. The molecule has 0 saturated heterocycles. The number of para-hydroxylation sites is 1. The van der Waals surface area contributed by atoms with Crippen LogP contribution < -0.4 is 10.2 Å². The first kappa shape index (κ1) is 14.9. The predicted octanol–water partition coefficient (Wildman–Crippen LogP) is 3.97. The standard InChI is InChI=1S/C17H20N2O2/c1-12(2)13-9-14(17(20)16(10-13)21-3)11-18-19-15-7-5-4-6-8-15/h4-12,19-20H,1-3H3. The van der Waals surface area contributed by atoms with Crippen LogP contribution >= 0.6 is 0 Å². The Labute approximate surface area is 125 Å². The Bertz CT molecular complexity index is 622. The number of benzene rings is 2. The van der Waals surface area contributed by atoms with Crippen molar-refractivity contribution in [2.45, 2.75) is 19.8 Å². The molecule has 0 atom stereocenters. The highest BCUT2D eigenvalue weighted by atomic mass is 16.5. The zero-order valence-corrected chi connectivity index (χ0v) is 12.5. The number of hydrogen-bond acceptors (Lipinski definition) is 4. The molecule has 0 spiro atoms. The Morgan fingerprint density at radius 3 is 2.52 bits per heavy atom. The number of methoxy groups -OCH3 is 1. The first-order valence-corrected chi connectivity index (χ1v) is 6.87. The van der Waals surface area contributed by atoms with Crippen molar-refractivity contribution in [1.29, 1.82) is 0 Å². The number of hydrazone groups is 1. The number of rotatable bonds is 5. The van der Waals surface area contributed by atoms with Crippen molar-refractivity contribution in [2.24, 2.45) is 5.10 Å². The minimum Gasteiger partial charge on any atom is -0.504 e. The maximum atomic E-state index is 10.1. The van der Waals surface area contributed by atoms with Gasteiger partial charge in [-0.05, 0) is 35.7 Å². The van der Waals surface area contributed by atoms with Gasteiger partial charge in [-0.25, -0.2) is 0 Å². The molecule has 0 fully saturated rings. The van der Waals surface area contributed by atoms with Gasteiger partial charge in [0.25, 0.3) is 0 Å². The van der Waals surface area contributed by atoms with Crippen molar-refractivity contribution >= 4 is 11.9 Å². The lowest BCUT2D eigenvalue weighted by molar-refractivity contribution is 0.372. The van der Waals surface area contributed by atoms with Crippen LogP contribution in [-0.4, -0.2) is 18.4 Å². The van der Waals surface area contributed by atoms with Crippen molar-refractivity contribution in [3.63, 3.8) is 0 Å². The Kier molecular flexibility index (Phi) is 4.82. The Morgan fingerprint density at radius 2 is 1.90 bits per heavy atom. The van der Waals surface area contributed by atoms with Gasteiger partial charge in [0.1, 0.15) is 0 Å². The van der Waals surface area contributed by atoms with Crippen LogP contribution in [0.1, 0.15) is 30.9 Å². The molecule has 0 aliphatic heterocycles. The average molecular weight is 284 g/mol. The van der Waals surface area contributed by atoms with Crippen LogP contribution in [0.15, 0.2) is 47.6 Å². The molecule has 0 unspecified atom stereocenters. The zero-order valence-electron chi connectivity index (χ0n) is 12.5. The molecule has 2 aromatic rings. The number of hydrogen-bond donors (Lipinski definition) is 2. The molecule has 0 aliphatic carbocycles. The normalized spacial score (nSPS) is 11.0. The van der Waals surface area contributed by atoms with Crippen molar-refractivity contribution in [1.82, 2.24) is 0 Å². The third-order valence-corrected chi connectivity index (χ3v) is 3.18. The van der Waals surface area contributed by atoms with Gasteiger partial charge in [0, 0.05) is 5.56 Å². The van der Waals surface area contributed by atoms with E-state index in [0.29, 0.717) is 17.2 Å². The molecule has 2 N–H and O–H groups in total. The Morgan fingerprint density at radius 1 is 1.19 bits per heavy atom. The Balaban J connectivity index is 2.24. The summed E-state index contributed by atoms with van der Waals surface area (Å²) in [6, 6.07) is 13.4. The van der Waals surface area contributed by atoms with E-state index in [2.05, 4.69) is 24.4 Å². The van der Waals surface area contributed by atoms with E-state index in [1.165, 1.54) is 0 Å². The minimum atomic E-state index is 0.0977. The summed E-state index contributed by atoms with van der Waals surface area (Å²) in [5, 5.41) is 14.3. The average Bonchev–Trinajstić information content (AvgIpc) is 2.49. The third kappa shape index (κ3) is 3.75. The van der Waals surface area contributed by atoms with E-state index in [1.54, 1.807) is 13.3 Å².